The monoisotopic (exact) mass is 898 g/mol. The van der Waals surface area contributed by atoms with Crippen molar-refractivity contribution in [2.75, 3.05) is 26.4 Å². The van der Waals surface area contributed by atoms with E-state index in [0.717, 1.165) is 62.9 Å². The summed E-state index contributed by atoms with van der Waals surface area (Å²) in [5.74, 6) is 3.02. The van der Waals surface area contributed by atoms with Crippen LogP contribution >= 0.6 is 0 Å². The zero-order valence-corrected chi connectivity index (χ0v) is 39.8. The van der Waals surface area contributed by atoms with Crippen LogP contribution in [0.15, 0.2) is 143 Å². The molecule has 0 saturated heterocycles. The van der Waals surface area contributed by atoms with Gasteiger partial charge < -0.3 is 29.2 Å². The van der Waals surface area contributed by atoms with Crippen LogP contribution < -0.4 is 18.9 Å². The zero-order valence-electron chi connectivity index (χ0n) is 38.9. The van der Waals surface area contributed by atoms with Crippen LogP contribution in [0.4, 0.5) is 0 Å². The second-order valence-electron chi connectivity index (χ2n) is 18.7. The fourth-order valence-electron chi connectivity index (χ4n) is 7.50. The molecule has 0 aliphatic carbocycles. The molecule has 6 aromatic rings. The first-order valence-electron chi connectivity index (χ1n) is 22.9. The average molecular weight is 899 g/mol. The van der Waals surface area contributed by atoms with Crippen LogP contribution in [-0.2, 0) is 20.7 Å². The van der Waals surface area contributed by atoms with Crippen molar-refractivity contribution in [3.8, 4) is 56.8 Å². The Kier molecular flexibility index (Phi) is 16.7. The van der Waals surface area contributed by atoms with Gasteiger partial charge >= 0.3 is 0 Å². The highest BCUT2D eigenvalue weighted by Gasteiger charge is 2.27. The van der Waals surface area contributed by atoms with E-state index in [1.807, 2.05) is 24.3 Å². The molecule has 0 heterocycles. The van der Waals surface area contributed by atoms with Crippen LogP contribution in [0.25, 0.3) is 22.3 Å². The molecule has 0 fully saturated rings. The first-order chi connectivity index (χ1) is 31.1. The first kappa shape index (κ1) is 48.5. The van der Waals surface area contributed by atoms with E-state index >= 15 is 0 Å². The molecule has 6 rings (SSSR count). The van der Waals surface area contributed by atoms with Crippen molar-refractivity contribution in [3.05, 3.63) is 145 Å². The summed E-state index contributed by atoms with van der Waals surface area (Å²) in [7, 11) is -4.14. The molecule has 65 heavy (non-hydrogen) atoms. The van der Waals surface area contributed by atoms with Gasteiger partial charge in [-0.25, -0.2) is 8.42 Å². The molecular weight excluding hydrogens is 833 g/mol. The predicted molar refractivity (Wildman–Crippen MR) is 262 cm³/mol. The molecule has 0 bridgehead atoms. The van der Waals surface area contributed by atoms with E-state index in [1.54, 1.807) is 84.9 Å². The minimum Gasteiger partial charge on any atom is -0.508 e. The van der Waals surface area contributed by atoms with Crippen molar-refractivity contribution < 1.29 is 37.6 Å². The standard InChI is InChI=1S/C56H66O8S/c1-55(2,3)43-19-27-47(28-20-43)61-35-11-7-9-13-37-63-49-31-33-53(51(39-49)41-15-23-45(57)24-16-41)65(59,60)54-34-32-50(40-52(54)42-17-25-46(58)26-18-42)64-38-14-10-8-12-36-62-48-29-21-44(22-30-48)56(4,5)6/h15-34,39-40,57-58H,7-14,35-38H2,1-6H3. The molecule has 0 unspecified atom stereocenters. The summed E-state index contributed by atoms with van der Waals surface area (Å²) in [6.07, 6.45) is 7.46. The Hall–Kier alpha value is -5.93. The summed E-state index contributed by atoms with van der Waals surface area (Å²) in [5, 5.41) is 20.2. The lowest BCUT2D eigenvalue weighted by Gasteiger charge is -2.19. The Morgan fingerprint density at radius 1 is 0.385 bits per heavy atom. The molecule has 344 valence electrons. The smallest absolute Gasteiger partial charge is 0.207 e. The van der Waals surface area contributed by atoms with Gasteiger partial charge in [-0.3, -0.25) is 0 Å². The SMILES string of the molecule is CC(C)(C)c1ccc(OCCCCCCOc2ccc(S(=O)(=O)c3ccc(OCCCCCCOc4ccc(C(C)(C)C)cc4)cc3-c3ccc(O)cc3)c(-c3ccc(O)cc3)c2)cc1. The lowest BCUT2D eigenvalue weighted by Crippen LogP contribution is -2.10. The Balaban J connectivity index is 1.07. The van der Waals surface area contributed by atoms with Gasteiger partial charge in [0, 0.05) is 11.1 Å². The van der Waals surface area contributed by atoms with E-state index in [2.05, 4.69) is 65.8 Å². The molecule has 6 aromatic carbocycles. The first-order valence-corrected chi connectivity index (χ1v) is 24.4. The van der Waals surface area contributed by atoms with Crippen LogP contribution in [0.1, 0.15) is 104 Å². The van der Waals surface area contributed by atoms with E-state index < -0.39 is 9.84 Å². The normalized spacial score (nSPS) is 11.9. The summed E-state index contributed by atoms with van der Waals surface area (Å²) in [6, 6.07) is 39.7. The minimum atomic E-state index is -4.14. The van der Waals surface area contributed by atoms with Gasteiger partial charge in [-0.2, -0.15) is 0 Å². The molecule has 0 saturated carbocycles. The van der Waals surface area contributed by atoms with E-state index in [0.29, 0.717) is 60.2 Å². The average Bonchev–Trinajstić information content (AvgIpc) is 3.28. The minimum absolute atomic E-state index is 0.0754. The molecule has 9 heteroatoms. The molecule has 0 aromatic heterocycles. The maximum Gasteiger partial charge on any atom is 0.207 e. The lowest BCUT2D eigenvalue weighted by atomic mass is 9.87. The van der Waals surface area contributed by atoms with Gasteiger partial charge in [0.25, 0.3) is 0 Å². The van der Waals surface area contributed by atoms with E-state index in [4.69, 9.17) is 18.9 Å². The van der Waals surface area contributed by atoms with Gasteiger partial charge in [0.15, 0.2) is 0 Å². The van der Waals surface area contributed by atoms with Crippen molar-refractivity contribution in [1.82, 2.24) is 0 Å². The van der Waals surface area contributed by atoms with Crippen molar-refractivity contribution in [2.24, 2.45) is 0 Å². The summed E-state index contributed by atoms with van der Waals surface area (Å²) < 4.78 is 54.0. The van der Waals surface area contributed by atoms with Crippen molar-refractivity contribution >= 4 is 9.84 Å². The number of unbranched alkanes of at least 4 members (excludes halogenated alkanes) is 6. The van der Waals surface area contributed by atoms with Crippen LogP contribution in [-0.4, -0.2) is 45.1 Å². The van der Waals surface area contributed by atoms with E-state index in [-0.39, 0.29) is 32.1 Å². The number of phenolic OH excluding ortho intramolecular Hbond substituents is 2. The molecule has 8 nitrogen and oxygen atoms in total. The molecule has 0 radical (unpaired) electrons. The third-order valence-corrected chi connectivity index (χ3v) is 13.3. The van der Waals surface area contributed by atoms with Crippen LogP contribution in [0.5, 0.6) is 34.5 Å². The summed E-state index contributed by atoms with van der Waals surface area (Å²) in [4.78, 5) is 0.200. The molecule has 0 amide bonds. The summed E-state index contributed by atoms with van der Waals surface area (Å²) >= 11 is 0. The number of rotatable bonds is 22. The Morgan fingerprint density at radius 3 is 0.985 bits per heavy atom. The van der Waals surface area contributed by atoms with Gasteiger partial charge in [0.2, 0.25) is 9.84 Å². The molecule has 2 N–H and O–H groups in total. The largest absolute Gasteiger partial charge is 0.508 e. The van der Waals surface area contributed by atoms with Gasteiger partial charge in [-0.1, -0.05) is 90.1 Å². The fourth-order valence-corrected chi connectivity index (χ4v) is 9.16. The molecule has 0 aliphatic heterocycles. The molecule has 0 aliphatic rings. The predicted octanol–water partition coefficient (Wildman–Crippen LogP) is 13.9. The van der Waals surface area contributed by atoms with E-state index in [1.165, 1.54) is 11.1 Å². The van der Waals surface area contributed by atoms with Crippen molar-refractivity contribution in [3.63, 3.8) is 0 Å². The summed E-state index contributed by atoms with van der Waals surface area (Å²) in [6.45, 7) is 15.4. The number of aromatic hydroxyl groups is 2. The Morgan fingerprint density at radius 2 is 0.677 bits per heavy atom. The van der Waals surface area contributed by atoms with Crippen LogP contribution in [0, 0.1) is 0 Å². The second kappa shape index (κ2) is 22.3. The fraction of sp³-hybridized carbons (Fsp3) is 0.357. The van der Waals surface area contributed by atoms with Gasteiger partial charge in [0.1, 0.15) is 34.5 Å². The highest BCUT2D eigenvalue weighted by atomic mass is 32.2. The molecular formula is C56H66O8S. The third kappa shape index (κ3) is 14.0. The quantitative estimate of drug-likeness (QED) is 0.0648. The highest BCUT2D eigenvalue weighted by molar-refractivity contribution is 7.91. The number of hydrogen-bond donors (Lipinski definition) is 2. The van der Waals surface area contributed by atoms with Gasteiger partial charge in [-0.15, -0.1) is 0 Å². The number of ether oxygens (including phenoxy) is 4. The molecule has 0 spiro atoms. The van der Waals surface area contributed by atoms with E-state index in [9.17, 15) is 18.6 Å². The Labute approximate surface area is 387 Å². The number of phenols is 2. The Bertz CT molecular complexity index is 2340. The maximum atomic E-state index is 14.8. The topological polar surface area (TPSA) is 112 Å². The van der Waals surface area contributed by atoms with Crippen molar-refractivity contribution in [2.45, 2.75) is 114 Å². The van der Waals surface area contributed by atoms with Gasteiger partial charge in [0.05, 0.1) is 36.2 Å². The zero-order chi connectivity index (χ0) is 46.5. The third-order valence-electron chi connectivity index (χ3n) is 11.4. The summed E-state index contributed by atoms with van der Waals surface area (Å²) in [5.41, 5.74) is 4.92. The molecule has 0 atom stereocenters. The van der Waals surface area contributed by atoms with Crippen molar-refractivity contribution in [1.29, 1.82) is 0 Å². The maximum absolute atomic E-state index is 14.8. The number of benzene rings is 6. The second-order valence-corrected chi connectivity index (χ2v) is 20.6. The number of hydrogen-bond acceptors (Lipinski definition) is 8. The van der Waals surface area contributed by atoms with Crippen LogP contribution in [0.2, 0.25) is 0 Å². The van der Waals surface area contributed by atoms with Gasteiger partial charge in [-0.05, 0) is 169 Å². The highest BCUT2D eigenvalue weighted by Crippen LogP contribution is 2.40. The lowest BCUT2D eigenvalue weighted by molar-refractivity contribution is 0.287. The van der Waals surface area contributed by atoms with Crippen LogP contribution in [0.3, 0.4) is 0 Å². The number of sulfone groups is 1.